The van der Waals surface area contributed by atoms with Gasteiger partial charge in [0.2, 0.25) is 0 Å². The van der Waals surface area contributed by atoms with E-state index < -0.39 is 0 Å². The molecule has 1 aliphatic heterocycles. The summed E-state index contributed by atoms with van der Waals surface area (Å²) < 4.78 is 5.34. The fourth-order valence-corrected chi connectivity index (χ4v) is 3.20. The van der Waals surface area contributed by atoms with Crippen molar-refractivity contribution in [2.75, 3.05) is 19.8 Å². The molecule has 2 nitrogen and oxygen atoms in total. The van der Waals surface area contributed by atoms with Crippen molar-refractivity contribution in [3.63, 3.8) is 0 Å². The summed E-state index contributed by atoms with van der Waals surface area (Å²) in [5, 5.41) is 11.0. The number of aliphatic hydroxyl groups excluding tert-OH is 1. The van der Waals surface area contributed by atoms with Crippen LogP contribution in [0.1, 0.15) is 23.3 Å². The van der Waals surface area contributed by atoms with E-state index in [1.807, 2.05) is 11.3 Å². The molecule has 3 heteroatoms. The van der Waals surface area contributed by atoms with E-state index in [2.05, 4.69) is 18.4 Å². The second kappa shape index (κ2) is 4.01. The summed E-state index contributed by atoms with van der Waals surface area (Å²) >= 11 is 1.82. The van der Waals surface area contributed by atoms with Gasteiger partial charge in [-0.2, -0.15) is 0 Å². The number of aryl methyl sites for hydroxylation is 1. The second-order valence-corrected chi connectivity index (χ2v) is 4.95. The summed E-state index contributed by atoms with van der Waals surface area (Å²) in [6.07, 6.45) is 1.92. The molecule has 1 fully saturated rings. The highest BCUT2D eigenvalue weighted by Gasteiger charge is 2.41. The average molecular weight is 212 g/mol. The highest BCUT2D eigenvalue weighted by atomic mass is 32.1. The number of aliphatic hydroxyl groups is 1. The lowest BCUT2D eigenvalue weighted by molar-refractivity contribution is -0.0649. The van der Waals surface area contributed by atoms with E-state index in [1.54, 1.807) is 0 Å². The third-order valence-electron chi connectivity index (χ3n) is 2.91. The molecule has 0 atom stereocenters. The lowest BCUT2D eigenvalue weighted by atomic mass is 9.78. The van der Waals surface area contributed by atoms with Gasteiger partial charge in [0.05, 0.1) is 18.6 Å². The van der Waals surface area contributed by atoms with Crippen LogP contribution in [0, 0.1) is 6.92 Å². The van der Waals surface area contributed by atoms with E-state index in [0.29, 0.717) is 0 Å². The van der Waals surface area contributed by atoms with Crippen LogP contribution in [0.2, 0.25) is 0 Å². The minimum atomic E-state index is 0.223. The van der Waals surface area contributed by atoms with Crippen molar-refractivity contribution in [3.05, 3.63) is 21.9 Å². The van der Waals surface area contributed by atoms with Crippen LogP contribution in [0.15, 0.2) is 11.4 Å². The van der Waals surface area contributed by atoms with Gasteiger partial charge >= 0.3 is 0 Å². The Balaban J connectivity index is 2.16. The van der Waals surface area contributed by atoms with Gasteiger partial charge in [0, 0.05) is 11.5 Å². The molecule has 0 aliphatic carbocycles. The molecule has 2 heterocycles. The van der Waals surface area contributed by atoms with Gasteiger partial charge in [-0.3, -0.25) is 0 Å². The molecule has 2 rings (SSSR count). The smallest absolute Gasteiger partial charge is 0.0593 e. The van der Waals surface area contributed by atoms with Gasteiger partial charge < -0.3 is 9.84 Å². The number of thiophene rings is 1. The Morgan fingerprint density at radius 2 is 2.36 bits per heavy atom. The van der Waals surface area contributed by atoms with E-state index in [9.17, 15) is 0 Å². The van der Waals surface area contributed by atoms with Gasteiger partial charge in [0.25, 0.3) is 0 Å². The van der Waals surface area contributed by atoms with Crippen molar-refractivity contribution in [2.24, 2.45) is 0 Å². The minimum Gasteiger partial charge on any atom is -0.396 e. The van der Waals surface area contributed by atoms with Crippen molar-refractivity contribution in [2.45, 2.75) is 25.2 Å². The van der Waals surface area contributed by atoms with Gasteiger partial charge in [0.1, 0.15) is 0 Å². The summed E-state index contributed by atoms with van der Waals surface area (Å²) in [6, 6.07) is 2.17. The fourth-order valence-electron chi connectivity index (χ4n) is 2.07. The summed E-state index contributed by atoms with van der Waals surface area (Å²) in [5.74, 6) is 0. The Morgan fingerprint density at radius 1 is 1.57 bits per heavy atom. The minimum absolute atomic E-state index is 0.223. The maximum absolute atomic E-state index is 8.88. The first-order valence-electron chi connectivity index (χ1n) is 5.02. The molecule has 1 saturated heterocycles. The van der Waals surface area contributed by atoms with E-state index in [4.69, 9.17) is 9.84 Å². The molecule has 0 aromatic carbocycles. The molecular weight excluding hydrogens is 196 g/mol. The van der Waals surface area contributed by atoms with E-state index >= 15 is 0 Å². The molecule has 1 aliphatic rings. The highest BCUT2D eigenvalue weighted by Crippen LogP contribution is 2.41. The second-order valence-electron chi connectivity index (χ2n) is 4.03. The van der Waals surface area contributed by atoms with Crippen LogP contribution in [0.4, 0.5) is 0 Å². The van der Waals surface area contributed by atoms with E-state index in [1.165, 1.54) is 10.4 Å². The Kier molecular flexibility index (Phi) is 2.91. The van der Waals surface area contributed by atoms with Crippen molar-refractivity contribution in [1.82, 2.24) is 0 Å². The van der Waals surface area contributed by atoms with Crippen LogP contribution >= 0.6 is 11.3 Å². The Bertz CT molecular complexity index is 302. The van der Waals surface area contributed by atoms with Crippen molar-refractivity contribution < 1.29 is 9.84 Å². The zero-order valence-corrected chi connectivity index (χ0v) is 9.27. The summed E-state index contributed by atoms with van der Waals surface area (Å²) in [4.78, 5) is 1.46. The zero-order valence-electron chi connectivity index (χ0n) is 8.45. The first-order valence-corrected chi connectivity index (χ1v) is 5.90. The van der Waals surface area contributed by atoms with Gasteiger partial charge in [-0.05, 0) is 36.8 Å². The third-order valence-corrected chi connectivity index (χ3v) is 4.18. The largest absolute Gasteiger partial charge is 0.396 e. The van der Waals surface area contributed by atoms with Gasteiger partial charge in [-0.1, -0.05) is 0 Å². The number of ether oxygens (including phenoxy) is 1. The molecule has 0 bridgehead atoms. The highest BCUT2D eigenvalue weighted by molar-refractivity contribution is 7.10. The lowest BCUT2D eigenvalue weighted by Crippen LogP contribution is -2.46. The van der Waals surface area contributed by atoms with Crippen molar-refractivity contribution in [3.8, 4) is 0 Å². The van der Waals surface area contributed by atoms with Crippen LogP contribution < -0.4 is 0 Å². The van der Waals surface area contributed by atoms with Gasteiger partial charge in [0.15, 0.2) is 0 Å². The Hall–Kier alpha value is -0.380. The summed E-state index contributed by atoms with van der Waals surface area (Å²) in [7, 11) is 0. The quantitative estimate of drug-likeness (QED) is 0.828. The van der Waals surface area contributed by atoms with Crippen LogP contribution in [-0.4, -0.2) is 24.9 Å². The Labute approximate surface area is 88.5 Å². The first-order chi connectivity index (χ1) is 6.78. The molecule has 0 unspecified atom stereocenters. The summed E-state index contributed by atoms with van der Waals surface area (Å²) in [5.41, 5.74) is 1.59. The number of hydrogen-bond donors (Lipinski definition) is 1. The molecular formula is C11H16O2S. The topological polar surface area (TPSA) is 29.5 Å². The van der Waals surface area contributed by atoms with Crippen molar-refractivity contribution >= 4 is 11.3 Å². The molecule has 0 spiro atoms. The number of hydrogen-bond acceptors (Lipinski definition) is 3. The van der Waals surface area contributed by atoms with Gasteiger partial charge in [-0.15, -0.1) is 11.3 Å². The van der Waals surface area contributed by atoms with Crippen LogP contribution in [0.25, 0.3) is 0 Å². The maximum atomic E-state index is 8.88. The first kappa shape index (κ1) is 10.1. The number of rotatable bonds is 4. The molecule has 78 valence electrons. The van der Waals surface area contributed by atoms with Crippen LogP contribution in [0.3, 0.4) is 0 Å². The van der Waals surface area contributed by atoms with Gasteiger partial charge in [-0.25, -0.2) is 0 Å². The molecule has 0 radical (unpaired) electrons. The fraction of sp³-hybridized carbons (Fsp3) is 0.636. The van der Waals surface area contributed by atoms with E-state index in [-0.39, 0.29) is 12.0 Å². The molecule has 14 heavy (non-hydrogen) atoms. The normalized spacial score (nSPS) is 19.3. The summed E-state index contributed by atoms with van der Waals surface area (Å²) in [6.45, 7) is 4.10. The standard InChI is InChI=1S/C11H16O2S/c1-9-3-6-14-10(9)11(4-2-5-12)7-13-8-11/h3,6,12H,2,4-5,7-8H2,1H3. The SMILES string of the molecule is Cc1ccsc1C1(CCCO)COC1. The van der Waals surface area contributed by atoms with E-state index in [0.717, 1.165) is 26.1 Å². The predicted molar refractivity (Wildman–Crippen MR) is 57.9 cm³/mol. The molecule has 0 amide bonds. The lowest BCUT2D eigenvalue weighted by Gasteiger charge is -2.41. The molecule has 1 N–H and O–H groups in total. The average Bonchev–Trinajstić information content (AvgIpc) is 2.51. The third kappa shape index (κ3) is 1.60. The van der Waals surface area contributed by atoms with Crippen molar-refractivity contribution in [1.29, 1.82) is 0 Å². The molecule has 0 saturated carbocycles. The van der Waals surface area contributed by atoms with Crippen LogP contribution in [-0.2, 0) is 10.2 Å². The van der Waals surface area contributed by atoms with Crippen LogP contribution in [0.5, 0.6) is 0 Å². The maximum Gasteiger partial charge on any atom is 0.0593 e. The zero-order chi connectivity index (χ0) is 10.0. The Morgan fingerprint density at radius 3 is 2.79 bits per heavy atom. The predicted octanol–water partition coefficient (Wildman–Crippen LogP) is 2.10. The molecule has 1 aromatic heterocycles. The molecule has 1 aromatic rings. The monoisotopic (exact) mass is 212 g/mol.